The monoisotopic (exact) mass is 320 g/mol. The number of hydrogen-bond donors (Lipinski definition) is 1. The molecule has 1 amide bonds. The number of piperidine rings is 1. The molecule has 6 heteroatoms. The van der Waals surface area contributed by atoms with Gasteiger partial charge >= 0.3 is 0 Å². The van der Waals surface area contributed by atoms with Gasteiger partial charge in [0, 0.05) is 38.8 Å². The van der Waals surface area contributed by atoms with Crippen LogP contribution < -0.4 is 10.6 Å². The lowest BCUT2D eigenvalue weighted by atomic mass is 10.0. The number of benzene rings is 1. The zero-order chi connectivity index (χ0) is 16.2. The average Bonchev–Trinajstić information content (AvgIpc) is 2.55. The van der Waals surface area contributed by atoms with Gasteiger partial charge in [-0.25, -0.2) is 4.39 Å². The lowest BCUT2D eigenvalue weighted by Crippen LogP contribution is -2.55. The van der Waals surface area contributed by atoms with Crippen molar-refractivity contribution >= 4 is 11.6 Å². The number of nitrogens with zero attached hydrogens (tertiary/aromatic N) is 3. The standard InChI is InChI=1S/C17H25FN4O/c18-15-5-1-2-6-16(15)22-10-8-21(9-11-22)14-4-3-7-20(12-14)13-17(19)23/h1-2,5-6,14H,3-4,7-13H2,(H2,19,23). The predicted molar refractivity (Wildman–Crippen MR) is 88.8 cm³/mol. The smallest absolute Gasteiger partial charge is 0.231 e. The molecule has 2 fully saturated rings. The zero-order valence-corrected chi connectivity index (χ0v) is 13.5. The molecule has 23 heavy (non-hydrogen) atoms. The van der Waals surface area contributed by atoms with Gasteiger partial charge in [0.1, 0.15) is 5.82 Å². The van der Waals surface area contributed by atoms with E-state index in [9.17, 15) is 9.18 Å². The van der Waals surface area contributed by atoms with Crippen molar-refractivity contribution in [3.63, 3.8) is 0 Å². The molecule has 3 rings (SSSR count). The van der Waals surface area contributed by atoms with E-state index in [-0.39, 0.29) is 11.7 Å². The van der Waals surface area contributed by atoms with Crippen LogP contribution in [0.1, 0.15) is 12.8 Å². The van der Waals surface area contributed by atoms with Gasteiger partial charge in [0.25, 0.3) is 0 Å². The summed E-state index contributed by atoms with van der Waals surface area (Å²) in [7, 11) is 0. The maximum Gasteiger partial charge on any atom is 0.231 e. The number of carbonyl (C=O) groups is 1. The maximum absolute atomic E-state index is 13.9. The number of carbonyl (C=O) groups excluding carboxylic acids is 1. The van der Waals surface area contributed by atoms with Gasteiger partial charge < -0.3 is 10.6 Å². The van der Waals surface area contributed by atoms with E-state index in [1.165, 1.54) is 6.07 Å². The van der Waals surface area contributed by atoms with Gasteiger partial charge in [-0.05, 0) is 31.5 Å². The van der Waals surface area contributed by atoms with Crippen molar-refractivity contribution in [3.8, 4) is 0 Å². The molecule has 2 N–H and O–H groups in total. The number of para-hydroxylation sites is 1. The Hall–Kier alpha value is -1.66. The lowest BCUT2D eigenvalue weighted by molar-refractivity contribution is -0.119. The Kier molecular flexibility index (Phi) is 5.13. The van der Waals surface area contributed by atoms with Crippen molar-refractivity contribution < 1.29 is 9.18 Å². The van der Waals surface area contributed by atoms with Gasteiger partial charge in [0.2, 0.25) is 5.91 Å². The Morgan fingerprint density at radius 2 is 1.91 bits per heavy atom. The third-order valence-corrected chi connectivity index (χ3v) is 4.88. The number of rotatable bonds is 4. The van der Waals surface area contributed by atoms with Gasteiger partial charge in [-0.2, -0.15) is 0 Å². The number of anilines is 1. The summed E-state index contributed by atoms with van der Waals surface area (Å²) in [6, 6.07) is 7.45. The van der Waals surface area contributed by atoms with Crippen molar-refractivity contribution in [1.82, 2.24) is 9.80 Å². The molecular weight excluding hydrogens is 295 g/mol. The molecule has 0 aliphatic carbocycles. The van der Waals surface area contributed by atoms with Crippen molar-refractivity contribution in [1.29, 1.82) is 0 Å². The first-order valence-corrected chi connectivity index (χ1v) is 8.37. The molecule has 5 nitrogen and oxygen atoms in total. The number of primary amides is 1. The lowest BCUT2D eigenvalue weighted by Gasteiger charge is -2.43. The highest BCUT2D eigenvalue weighted by molar-refractivity contribution is 5.75. The Bertz CT molecular complexity index is 545. The Balaban J connectivity index is 1.54. The molecule has 1 atom stereocenters. The van der Waals surface area contributed by atoms with Crippen LogP contribution in [0.4, 0.5) is 10.1 Å². The zero-order valence-electron chi connectivity index (χ0n) is 13.5. The second-order valence-corrected chi connectivity index (χ2v) is 6.47. The number of nitrogens with two attached hydrogens (primary N) is 1. The normalized spacial score (nSPS) is 23.9. The fourth-order valence-corrected chi connectivity index (χ4v) is 3.73. The van der Waals surface area contributed by atoms with Gasteiger partial charge in [-0.1, -0.05) is 12.1 Å². The SMILES string of the molecule is NC(=O)CN1CCCC(N2CCN(c3ccccc3F)CC2)C1. The molecule has 0 bridgehead atoms. The van der Waals surface area contributed by atoms with Crippen LogP contribution in [0.15, 0.2) is 24.3 Å². The van der Waals surface area contributed by atoms with Crippen LogP contribution in [0.25, 0.3) is 0 Å². The molecule has 0 saturated carbocycles. The summed E-state index contributed by atoms with van der Waals surface area (Å²) in [4.78, 5) is 17.9. The summed E-state index contributed by atoms with van der Waals surface area (Å²) < 4.78 is 13.9. The Morgan fingerprint density at radius 3 is 2.61 bits per heavy atom. The van der Waals surface area contributed by atoms with Crippen LogP contribution in [-0.4, -0.2) is 67.6 Å². The number of halogens is 1. The molecule has 126 valence electrons. The first kappa shape index (κ1) is 16.2. The highest BCUT2D eigenvalue weighted by atomic mass is 19.1. The van der Waals surface area contributed by atoms with Gasteiger partial charge in [-0.15, -0.1) is 0 Å². The van der Waals surface area contributed by atoms with E-state index >= 15 is 0 Å². The highest BCUT2D eigenvalue weighted by Crippen LogP contribution is 2.22. The van der Waals surface area contributed by atoms with E-state index < -0.39 is 0 Å². The highest BCUT2D eigenvalue weighted by Gasteiger charge is 2.29. The summed E-state index contributed by atoms with van der Waals surface area (Å²) >= 11 is 0. The van der Waals surface area contributed by atoms with Crippen LogP contribution in [0.5, 0.6) is 0 Å². The van der Waals surface area contributed by atoms with Crippen LogP contribution in [0, 0.1) is 5.82 Å². The molecule has 1 unspecified atom stereocenters. The fraction of sp³-hybridized carbons (Fsp3) is 0.588. The van der Waals surface area contributed by atoms with Crippen LogP contribution in [-0.2, 0) is 4.79 Å². The average molecular weight is 320 g/mol. The Morgan fingerprint density at radius 1 is 1.17 bits per heavy atom. The molecule has 1 aromatic rings. The summed E-state index contributed by atoms with van der Waals surface area (Å²) in [5, 5.41) is 0. The summed E-state index contributed by atoms with van der Waals surface area (Å²) in [6.07, 6.45) is 2.26. The fourth-order valence-electron chi connectivity index (χ4n) is 3.73. The maximum atomic E-state index is 13.9. The number of likely N-dealkylation sites (tertiary alicyclic amines) is 1. The van der Waals surface area contributed by atoms with Crippen LogP contribution in [0.2, 0.25) is 0 Å². The molecule has 0 spiro atoms. The first-order chi connectivity index (χ1) is 11.1. The van der Waals surface area contributed by atoms with E-state index in [2.05, 4.69) is 14.7 Å². The van der Waals surface area contributed by atoms with Crippen LogP contribution in [0.3, 0.4) is 0 Å². The second kappa shape index (κ2) is 7.27. The minimum atomic E-state index is -0.255. The number of piperazine rings is 1. The first-order valence-electron chi connectivity index (χ1n) is 8.37. The van der Waals surface area contributed by atoms with E-state index in [4.69, 9.17) is 5.73 Å². The molecule has 0 radical (unpaired) electrons. The van der Waals surface area contributed by atoms with E-state index in [0.29, 0.717) is 18.3 Å². The van der Waals surface area contributed by atoms with Crippen molar-refractivity contribution in [2.45, 2.75) is 18.9 Å². The third kappa shape index (κ3) is 4.00. The van der Waals surface area contributed by atoms with Gasteiger partial charge in [-0.3, -0.25) is 14.6 Å². The summed E-state index contributed by atoms with van der Waals surface area (Å²) in [6.45, 7) is 5.76. The third-order valence-electron chi connectivity index (χ3n) is 4.88. The van der Waals surface area contributed by atoms with Crippen molar-refractivity contribution in [2.24, 2.45) is 5.73 Å². The van der Waals surface area contributed by atoms with Crippen molar-refractivity contribution in [3.05, 3.63) is 30.1 Å². The minimum absolute atomic E-state index is 0.147. The second-order valence-electron chi connectivity index (χ2n) is 6.47. The Labute approximate surface area is 136 Å². The van der Waals surface area contributed by atoms with Gasteiger partial charge in [0.05, 0.1) is 12.2 Å². The molecule has 2 heterocycles. The van der Waals surface area contributed by atoms with Crippen molar-refractivity contribution in [2.75, 3.05) is 50.7 Å². The molecule has 0 aromatic heterocycles. The molecule has 2 saturated heterocycles. The minimum Gasteiger partial charge on any atom is -0.369 e. The topological polar surface area (TPSA) is 52.8 Å². The quantitative estimate of drug-likeness (QED) is 0.895. The molecule has 2 aliphatic rings. The van der Waals surface area contributed by atoms with E-state index in [1.807, 2.05) is 12.1 Å². The predicted octanol–water partition coefficient (Wildman–Crippen LogP) is 0.897. The molecule has 2 aliphatic heterocycles. The number of hydrogen-bond acceptors (Lipinski definition) is 4. The molecular formula is C17H25FN4O. The number of amides is 1. The molecule has 1 aromatic carbocycles. The van der Waals surface area contributed by atoms with E-state index in [0.717, 1.165) is 52.1 Å². The summed E-state index contributed by atoms with van der Waals surface area (Å²) in [5.41, 5.74) is 6.01. The summed E-state index contributed by atoms with van der Waals surface area (Å²) in [5.74, 6) is -0.402. The van der Waals surface area contributed by atoms with Crippen LogP contribution >= 0.6 is 0 Å². The largest absolute Gasteiger partial charge is 0.369 e. The van der Waals surface area contributed by atoms with Gasteiger partial charge in [0.15, 0.2) is 0 Å². The van der Waals surface area contributed by atoms with E-state index in [1.54, 1.807) is 6.07 Å².